The smallest absolute Gasteiger partial charge is 0.317 e. The van der Waals surface area contributed by atoms with Crippen LogP contribution in [0.3, 0.4) is 0 Å². The van der Waals surface area contributed by atoms with E-state index in [2.05, 4.69) is 22.4 Å². The number of aryl methyl sites for hydroxylation is 1. The van der Waals surface area contributed by atoms with Gasteiger partial charge in [0.2, 0.25) is 0 Å². The first kappa shape index (κ1) is 17.9. The maximum absolute atomic E-state index is 12.4. The lowest BCUT2D eigenvalue weighted by Crippen LogP contribution is -2.41. The third-order valence-electron chi connectivity index (χ3n) is 4.50. The normalized spacial score (nSPS) is 20.2. The quantitative estimate of drug-likeness (QED) is 0.884. The van der Waals surface area contributed by atoms with E-state index in [9.17, 15) is 4.79 Å². The van der Waals surface area contributed by atoms with Crippen LogP contribution in [0.5, 0.6) is 0 Å². The topological polar surface area (TPSA) is 54.5 Å². The number of benzene rings is 1. The molecular formula is C19H25N3O2S. The van der Waals surface area contributed by atoms with E-state index < -0.39 is 0 Å². The maximum atomic E-state index is 12.4. The van der Waals surface area contributed by atoms with Gasteiger partial charge in [-0.3, -0.25) is 0 Å². The summed E-state index contributed by atoms with van der Waals surface area (Å²) >= 11 is 1.61. The molecule has 0 unspecified atom stereocenters. The van der Waals surface area contributed by atoms with Gasteiger partial charge in [0.25, 0.3) is 0 Å². The fraction of sp³-hybridized carbons (Fsp3) is 0.474. The number of hydrogen-bond donors (Lipinski definition) is 1. The first-order valence-corrected chi connectivity index (χ1v) is 9.58. The summed E-state index contributed by atoms with van der Waals surface area (Å²) in [6, 6.07) is 10.2. The van der Waals surface area contributed by atoms with Gasteiger partial charge >= 0.3 is 6.03 Å². The average Bonchev–Trinajstić information content (AvgIpc) is 3.05. The Morgan fingerprint density at radius 3 is 2.92 bits per heavy atom. The van der Waals surface area contributed by atoms with Gasteiger partial charge in [-0.25, -0.2) is 9.78 Å². The molecule has 1 aliphatic heterocycles. The number of rotatable bonds is 5. The fourth-order valence-corrected chi connectivity index (χ4v) is 3.82. The summed E-state index contributed by atoms with van der Waals surface area (Å²) in [6.07, 6.45) is 2.16. The summed E-state index contributed by atoms with van der Waals surface area (Å²) in [5.74, 6) is 0.301. The third-order valence-corrected chi connectivity index (χ3v) is 5.32. The van der Waals surface area contributed by atoms with E-state index in [4.69, 9.17) is 4.74 Å². The van der Waals surface area contributed by atoms with E-state index in [1.807, 2.05) is 30.5 Å². The molecule has 2 amide bonds. The van der Waals surface area contributed by atoms with Gasteiger partial charge in [0.15, 0.2) is 0 Å². The van der Waals surface area contributed by atoms with E-state index in [1.54, 1.807) is 23.3 Å². The lowest BCUT2D eigenvalue weighted by Gasteiger charge is -2.32. The minimum Gasteiger partial charge on any atom is -0.373 e. The average molecular weight is 359 g/mol. The number of aromatic nitrogens is 1. The SMILES string of the molecule is Cc1nc(CN(C)C(=O)NC[C@@H]2CCCO[C@H]2c2ccccc2)cs1. The van der Waals surface area contributed by atoms with Gasteiger partial charge in [-0.2, -0.15) is 0 Å². The molecule has 2 heterocycles. The van der Waals surface area contributed by atoms with Crippen LogP contribution >= 0.6 is 11.3 Å². The zero-order valence-electron chi connectivity index (χ0n) is 14.8. The molecule has 5 nitrogen and oxygen atoms in total. The van der Waals surface area contributed by atoms with Crippen molar-refractivity contribution in [1.82, 2.24) is 15.2 Å². The summed E-state index contributed by atoms with van der Waals surface area (Å²) in [4.78, 5) is 18.5. The molecule has 25 heavy (non-hydrogen) atoms. The highest BCUT2D eigenvalue weighted by molar-refractivity contribution is 7.09. The van der Waals surface area contributed by atoms with Crippen LogP contribution in [0, 0.1) is 12.8 Å². The van der Waals surface area contributed by atoms with Crippen LogP contribution in [0.15, 0.2) is 35.7 Å². The van der Waals surface area contributed by atoms with Gasteiger partial charge in [0.05, 0.1) is 23.4 Å². The van der Waals surface area contributed by atoms with Gasteiger partial charge in [0, 0.05) is 31.5 Å². The molecule has 1 aromatic heterocycles. The molecule has 0 radical (unpaired) electrons. The molecule has 2 atom stereocenters. The maximum Gasteiger partial charge on any atom is 0.317 e. The van der Waals surface area contributed by atoms with Crippen LogP contribution in [0.1, 0.15) is 35.2 Å². The minimum absolute atomic E-state index is 0.0572. The molecule has 1 aliphatic rings. The van der Waals surface area contributed by atoms with E-state index in [1.165, 1.54) is 5.56 Å². The van der Waals surface area contributed by atoms with Crippen LogP contribution in [0.4, 0.5) is 4.79 Å². The molecule has 1 fully saturated rings. The zero-order valence-corrected chi connectivity index (χ0v) is 15.6. The molecule has 0 spiro atoms. The van der Waals surface area contributed by atoms with Gasteiger partial charge in [-0.1, -0.05) is 30.3 Å². The van der Waals surface area contributed by atoms with E-state index >= 15 is 0 Å². The Hall–Kier alpha value is -1.92. The van der Waals surface area contributed by atoms with Crippen molar-refractivity contribution in [3.05, 3.63) is 52.0 Å². The molecule has 3 rings (SSSR count). The molecule has 1 N–H and O–H groups in total. The highest BCUT2D eigenvalue weighted by Gasteiger charge is 2.28. The first-order valence-electron chi connectivity index (χ1n) is 8.70. The van der Waals surface area contributed by atoms with Gasteiger partial charge in [0.1, 0.15) is 0 Å². The number of hydrogen-bond acceptors (Lipinski definition) is 4. The predicted molar refractivity (Wildman–Crippen MR) is 99.6 cm³/mol. The van der Waals surface area contributed by atoms with Crippen LogP contribution in [0.25, 0.3) is 0 Å². The molecule has 1 saturated heterocycles. The summed E-state index contributed by atoms with van der Waals surface area (Å²) in [5, 5.41) is 6.08. The number of amides is 2. The monoisotopic (exact) mass is 359 g/mol. The molecule has 134 valence electrons. The number of carbonyl (C=O) groups excluding carboxylic acids is 1. The number of urea groups is 1. The van der Waals surface area contributed by atoms with Crippen LogP contribution < -0.4 is 5.32 Å². The zero-order chi connectivity index (χ0) is 17.6. The molecule has 0 bridgehead atoms. The molecule has 0 aliphatic carbocycles. The highest BCUT2D eigenvalue weighted by atomic mass is 32.1. The van der Waals surface area contributed by atoms with Gasteiger partial charge in [-0.15, -0.1) is 11.3 Å². The van der Waals surface area contributed by atoms with Crippen molar-refractivity contribution in [2.75, 3.05) is 20.2 Å². The second-order valence-electron chi connectivity index (χ2n) is 6.50. The molecule has 0 saturated carbocycles. The third kappa shape index (κ3) is 4.80. The number of thiazole rings is 1. The van der Waals surface area contributed by atoms with Crippen LogP contribution in [-0.2, 0) is 11.3 Å². The Bertz CT molecular complexity index is 689. The largest absolute Gasteiger partial charge is 0.373 e. The Morgan fingerprint density at radius 2 is 2.20 bits per heavy atom. The molecule has 6 heteroatoms. The summed E-state index contributed by atoms with van der Waals surface area (Å²) in [7, 11) is 1.80. The van der Waals surface area contributed by atoms with Gasteiger partial charge < -0.3 is 15.0 Å². The number of carbonyl (C=O) groups is 1. The van der Waals surface area contributed by atoms with Crippen molar-refractivity contribution in [3.8, 4) is 0 Å². The Morgan fingerprint density at radius 1 is 1.40 bits per heavy atom. The Kier molecular flexibility index (Phi) is 6.04. The van der Waals surface area contributed by atoms with Crippen molar-refractivity contribution in [2.45, 2.75) is 32.4 Å². The van der Waals surface area contributed by atoms with Crippen LogP contribution in [0.2, 0.25) is 0 Å². The van der Waals surface area contributed by atoms with Crippen molar-refractivity contribution >= 4 is 17.4 Å². The predicted octanol–water partition coefficient (Wildman–Crippen LogP) is 3.76. The van der Waals surface area contributed by atoms with E-state index in [0.29, 0.717) is 19.0 Å². The second kappa shape index (κ2) is 8.45. The van der Waals surface area contributed by atoms with Crippen molar-refractivity contribution in [3.63, 3.8) is 0 Å². The minimum atomic E-state index is -0.0666. The molecular weight excluding hydrogens is 334 g/mol. The number of nitrogens with one attached hydrogen (secondary N) is 1. The summed E-state index contributed by atoms with van der Waals surface area (Å²) in [5.41, 5.74) is 2.12. The lowest BCUT2D eigenvalue weighted by atomic mass is 9.89. The van der Waals surface area contributed by atoms with Crippen molar-refractivity contribution in [2.24, 2.45) is 5.92 Å². The summed E-state index contributed by atoms with van der Waals surface area (Å²) < 4.78 is 5.99. The van der Waals surface area contributed by atoms with Gasteiger partial charge in [-0.05, 0) is 25.3 Å². The van der Waals surface area contributed by atoms with Crippen molar-refractivity contribution in [1.29, 1.82) is 0 Å². The molecule has 1 aromatic carbocycles. The first-order chi connectivity index (χ1) is 12.1. The van der Waals surface area contributed by atoms with Crippen molar-refractivity contribution < 1.29 is 9.53 Å². The Balaban J connectivity index is 1.54. The standard InChI is InChI=1S/C19H25N3O2S/c1-14-21-17(13-25-14)12-22(2)19(23)20-11-16-9-6-10-24-18(16)15-7-4-3-5-8-15/h3-5,7-8,13,16,18H,6,9-12H2,1-2H3,(H,20,23)/t16-,18-/m0/s1. The lowest BCUT2D eigenvalue weighted by molar-refractivity contribution is -0.0271. The second-order valence-corrected chi connectivity index (χ2v) is 7.57. The molecule has 2 aromatic rings. The van der Waals surface area contributed by atoms with Crippen LogP contribution in [-0.4, -0.2) is 36.1 Å². The van der Waals surface area contributed by atoms with E-state index in [-0.39, 0.29) is 12.1 Å². The summed E-state index contributed by atoms with van der Waals surface area (Å²) in [6.45, 7) is 3.91. The van der Waals surface area contributed by atoms with E-state index in [0.717, 1.165) is 30.2 Å². The Labute approximate surface area is 153 Å². The number of nitrogens with zero attached hydrogens (tertiary/aromatic N) is 2. The number of ether oxygens (including phenoxy) is 1. The fourth-order valence-electron chi connectivity index (χ4n) is 3.21. The highest BCUT2D eigenvalue weighted by Crippen LogP contribution is 2.33.